The van der Waals surface area contributed by atoms with Gasteiger partial charge in [-0.3, -0.25) is 9.36 Å². The van der Waals surface area contributed by atoms with Gasteiger partial charge in [-0.2, -0.15) is 5.11 Å². The molecule has 1 saturated heterocycles. The lowest BCUT2D eigenvalue weighted by Gasteiger charge is -2.37. The van der Waals surface area contributed by atoms with Crippen molar-refractivity contribution >= 4 is 17.2 Å². The summed E-state index contributed by atoms with van der Waals surface area (Å²) < 4.78 is 7.44. The molecule has 7 nitrogen and oxygen atoms in total. The predicted octanol–water partition coefficient (Wildman–Crippen LogP) is 6.77. The predicted molar refractivity (Wildman–Crippen MR) is 158 cm³/mol. The van der Waals surface area contributed by atoms with Crippen LogP contribution in [0.2, 0.25) is 0 Å². The van der Waals surface area contributed by atoms with E-state index < -0.39 is 0 Å². The second kappa shape index (κ2) is 12.1. The summed E-state index contributed by atoms with van der Waals surface area (Å²) in [6.45, 7) is 11.2. The number of likely N-dealkylation sites (N-methyl/N-ethyl adjacent to an activating group) is 1. The number of para-hydroxylation sites is 1. The second-order valence-corrected chi connectivity index (χ2v) is 9.65. The Morgan fingerprint density at radius 3 is 2.15 bits per heavy atom. The minimum absolute atomic E-state index is 0.104. The van der Waals surface area contributed by atoms with Crippen molar-refractivity contribution in [2.24, 2.45) is 10.2 Å². The maximum absolute atomic E-state index is 13.9. The van der Waals surface area contributed by atoms with Crippen LogP contribution < -0.4 is 15.2 Å². The first-order chi connectivity index (χ1) is 19.1. The number of aryl methyl sites for hydroxylation is 1. The zero-order valence-corrected chi connectivity index (χ0v) is 22.9. The number of ether oxygens (including phenoxy) is 1. The van der Waals surface area contributed by atoms with Crippen LogP contribution in [0.1, 0.15) is 19.4 Å². The standard InChI is InChI=1S/C32H35N5O2/c1-4-35-19-21-36(22-20-35)32-31(34-33-26-15-11-24(3)12-16-26)29(25-13-17-28(18-14-25)39-5-2)23-30(38)37(32)27-9-7-6-8-10-27/h6-18,23H,4-5,19-22H2,1-3H3. The Hall–Kier alpha value is -4.23. The summed E-state index contributed by atoms with van der Waals surface area (Å²) in [4.78, 5) is 18.6. The summed E-state index contributed by atoms with van der Waals surface area (Å²) in [6.07, 6.45) is 0. The van der Waals surface area contributed by atoms with Crippen LogP contribution in [0, 0.1) is 6.92 Å². The van der Waals surface area contributed by atoms with Crippen molar-refractivity contribution in [3.05, 3.63) is 101 Å². The Balaban J connectivity index is 1.73. The summed E-state index contributed by atoms with van der Waals surface area (Å²) in [7, 11) is 0. The monoisotopic (exact) mass is 521 g/mol. The normalized spacial score (nSPS) is 14.2. The minimum Gasteiger partial charge on any atom is -0.494 e. The Labute approximate surface area is 230 Å². The lowest BCUT2D eigenvalue weighted by Crippen LogP contribution is -2.47. The summed E-state index contributed by atoms with van der Waals surface area (Å²) in [5.41, 5.74) is 4.94. The van der Waals surface area contributed by atoms with Crippen LogP contribution in [0.5, 0.6) is 5.75 Å². The van der Waals surface area contributed by atoms with Gasteiger partial charge in [0.2, 0.25) is 0 Å². The van der Waals surface area contributed by atoms with Crippen molar-refractivity contribution in [2.75, 3.05) is 44.2 Å². The number of nitrogens with zero attached hydrogens (tertiary/aromatic N) is 5. The molecule has 0 aliphatic carbocycles. The molecular formula is C32H35N5O2. The topological polar surface area (TPSA) is 62.4 Å². The molecule has 4 aromatic rings. The summed E-state index contributed by atoms with van der Waals surface area (Å²) in [6, 6.07) is 27.3. The van der Waals surface area contributed by atoms with Gasteiger partial charge in [-0.05, 0) is 62.4 Å². The first kappa shape index (κ1) is 26.4. The molecule has 3 aromatic carbocycles. The molecule has 0 amide bonds. The van der Waals surface area contributed by atoms with Gasteiger partial charge >= 0.3 is 0 Å². The lowest BCUT2D eigenvalue weighted by atomic mass is 10.0. The second-order valence-electron chi connectivity index (χ2n) is 9.65. The van der Waals surface area contributed by atoms with Crippen molar-refractivity contribution in [3.8, 4) is 22.6 Å². The number of azo groups is 1. The van der Waals surface area contributed by atoms with Gasteiger partial charge in [-0.1, -0.05) is 55.0 Å². The molecule has 5 rings (SSSR count). The lowest BCUT2D eigenvalue weighted by molar-refractivity contribution is 0.270. The largest absolute Gasteiger partial charge is 0.494 e. The summed E-state index contributed by atoms with van der Waals surface area (Å²) in [5.74, 6) is 1.56. The first-order valence-corrected chi connectivity index (χ1v) is 13.6. The molecule has 7 heteroatoms. The highest BCUT2D eigenvalue weighted by atomic mass is 16.5. The molecule has 0 atom stereocenters. The van der Waals surface area contributed by atoms with Crippen LogP contribution in [0.25, 0.3) is 16.8 Å². The Morgan fingerprint density at radius 2 is 1.51 bits per heavy atom. The van der Waals surface area contributed by atoms with Crippen molar-refractivity contribution < 1.29 is 4.74 Å². The van der Waals surface area contributed by atoms with Crippen LogP contribution >= 0.6 is 0 Å². The molecule has 0 spiro atoms. The van der Waals surface area contributed by atoms with Crippen LogP contribution in [-0.2, 0) is 0 Å². The van der Waals surface area contributed by atoms with Crippen LogP contribution in [0.4, 0.5) is 17.2 Å². The van der Waals surface area contributed by atoms with Gasteiger partial charge in [0, 0.05) is 37.8 Å². The Bertz CT molecular complexity index is 1470. The zero-order chi connectivity index (χ0) is 27.2. The van der Waals surface area contributed by atoms with Gasteiger partial charge in [0.1, 0.15) is 17.3 Å². The Morgan fingerprint density at radius 1 is 0.821 bits per heavy atom. The molecular weight excluding hydrogens is 486 g/mol. The van der Waals surface area contributed by atoms with Crippen LogP contribution in [0.15, 0.2) is 100.0 Å². The molecule has 1 aromatic heterocycles. The van der Waals surface area contributed by atoms with E-state index in [2.05, 4.69) is 28.8 Å². The van der Waals surface area contributed by atoms with E-state index in [1.807, 2.05) is 85.8 Å². The van der Waals surface area contributed by atoms with E-state index in [4.69, 9.17) is 9.85 Å². The quantitative estimate of drug-likeness (QED) is 0.240. The van der Waals surface area contributed by atoms with Crippen LogP contribution in [0.3, 0.4) is 0 Å². The average Bonchev–Trinajstić information content (AvgIpc) is 2.98. The number of anilines is 1. The number of hydrogen-bond donors (Lipinski definition) is 0. The molecule has 0 N–H and O–H groups in total. The van der Waals surface area contributed by atoms with Gasteiger partial charge < -0.3 is 14.5 Å². The SMILES string of the molecule is CCOc1ccc(-c2cc(=O)n(-c3ccccc3)c(N3CCN(CC)CC3)c2N=Nc2ccc(C)cc2)cc1. The van der Waals surface area contributed by atoms with Gasteiger partial charge in [-0.25, -0.2) is 0 Å². The van der Waals surface area contributed by atoms with E-state index in [-0.39, 0.29) is 5.56 Å². The van der Waals surface area contributed by atoms with E-state index in [0.717, 1.165) is 72.4 Å². The fourth-order valence-corrected chi connectivity index (χ4v) is 4.92. The van der Waals surface area contributed by atoms with Crippen LogP contribution in [-0.4, -0.2) is 48.8 Å². The fraction of sp³-hybridized carbons (Fsp3) is 0.281. The highest BCUT2D eigenvalue weighted by Gasteiger charge is 2.26. The number of piperazine rings is 1. The van der Waals surface area contributed by atoms with Crippen molar-refractivity contribution in [1.82, 2.24) is 9.47 Å². The smallest absolute Gasteiger partial charge is 0.257 e. The van der Waals surface area contributed by atoms with Crippen molar-refractivity contribution in [3.63, 3.8) is 0 Å². The molecule has 1 aliphatic heterocycles. The zero-order valence-electron chi connectivity index (χ0n) is 22.9. The van der Waals surface area contributed by atoms with Crippen molar-refractivity contribution in [2.45, 2.75) is 20.8 Å². The fourth-order valence-electron chi connectivity index (χ4n) is 4.92. The van der Waals surface area contributed by atoms with Gasteiger partial charge in [0.15, 0.2) is 0 Å². The number of rotatable bonds is 8. The number of hydrogen-bond acceptors (Lipinski definition) is 6. The van der Waals surface area contributed by atoms with Crippen molar-refractivity contribution in [1.29, 1.82) is 0 Å². The van der Waals surface area contributed by atoms with Gasteiger partial charge in [0.05, 0.1) is 18.0 Å². The maximum Gasteiger partial charge on any atom is 0.257 e. The minimum atomic E-state index is -0.104. The third-order valence-electron chi connectivity index (χ3n) is 7.08. The molecule has 39 heavy (non-hydrogen) atoms. The van der Waals surface area contributed by atoms with Gasteiger partial charge in [0.25, 0.3) is 5.56 Å². The summed E-state index contributed by atoms with van der Waals surface area (Å²) >= 11 is 0. The molecule has 0 radical (unpaired) electrons. The Kier molecular flexibility index (Phi) is 8.18. The first-order valence-electron chi connectivity index (χ1n) is 13.6. The third-order valence-corrected chi connectivity index (χ3v) is 7.08. The molecule has 0 bridgehead atoms. The molecule has 1 fully saturated rings. The van der Waals surface area contributed by atoms with E-state index >= 15 is 0 Å². The maximum atomic E-state index is 13.9. The average molecular weight is 522 g/mol. The molecule has 200 valence electrons. The summed E-state index contributed by atoms with van der Waals surface area (Å²) in [5, 5.41) is 9.51. The molecule has 0 saturated carbocycles. The molecule has 2 heterocycles. The molecule has 1 aliphatic rings. The van der Waals surface area contributed by atoms with E-state index in [0.29, 0.717) is 12.3 Å². The van der Waals surface area contributed by atoms with E-state index in [1.165, 1.54) is 0 Å². The highest BCUT2D eigenvalue weighted by molar-refractivity contribution is 5.84. The van der Waals surface area contributed by atoms with Gasteiger partial charge in [-0.15, -0.1) is 5.11 Å². The number of pyridine rings is 1. The number of benzene rings is 3. The third kappa shape index (κ3) is 5.94. The van der Waals surface area contributed by atoms with E-state index in [9.17, 15) is 4.79 Å². The van der Waals surface area contributed by atoms with E-state index in [1.54, 1.807) is 10.6 Å². The highest BCUT2D eigenvalue weighted by Crippen LogP contribution is 2.40. The molecule has 0 unspecified atom stereocenters. The number of aromatic nitrogens is 1.